The molecule has 1 aromatic rings. The maximum atomic E-state index is 12.8. The number of aromatic carboxylic acids is 1. The van der Waals surface area contributed by atoms with E-state index in [9.17, 15) is 13.2 Å². The zero-order chi connectivity index (χ0) is 15.6. The summed E-state index contributed by atoms with van der Waals surface area (Å²) >= 11 is 0. The average Bonchev–Trinajstić information content (AvgIpc) is 3.23. The lowest BCUT2D eigenvalue weighted by Gasteiger charge is -2.23. The Morgan fingerprint density at radius 3 is 2.62 bits per heavy atom. The van der Waals surface area contributed by atoms with E-state index in [4.69, 9.17) is 9.84 Å². The van der Waals surface area contributed by atoms with Crippen LogP contribution in [0, 0.1) is 6.92 Å². The molecule has 2 rings (SSSR count). The number of ether oxygens (including phenoxy) is 1. The fourth-order valence-electron chi connectivity index (χ4n) is 2.29. The summed E-state index contributed by atoms with van der Waals surface area (Å²) < 4.78 is 32.0. The van der Waals surface area contributed by atoms with Crippen LogP contribution in [0.4, 0.5) is 0 Å². The minimum Gasteiger partial charge on any atom is -0.478 e. The molecule has 7 heteroatoms. The van der Waals surface area contributed by atoms with Crippen molar-refractivity contribution >= 4 is 16.0 Å². The third-order valence-electron chi connectivity index (χ3n) is 3.57. The predicted octanol–water partition coefficient (Wildman–Crippen LogP) is 1.49. The Kier molecular flexibility index (Phi) is 4.65. The molecule has 1 aliphatic carbocycles. The van der Waals surface area contributed by atoms with Crippen molar-refractivity contribution in [1.29, 1.82) is 0 Å². The molecular weight excluding hydrogens is 294 g/mol. The van der Waals surface area contributed by atoms with Gasteiger partial charge in [0.15, 0.2) is 0 Å². The van der Waals surface area contributed by atoms with Gasteiger partial charge in [-0.3, -0.25) is 0 Å². The largest absolute Gasteiger partial charge is 0.478 e. The monoisotopic (exact) mass is 313 g/mol. The second-order valence-corrected chi connectivity index (χ2v) is 6.93. The van der Waals surface area contributed by atoms with Crippen LogP contribution in [-0.2, 0) is 14.8 Å². The van der Waals surface area contributed by atoms with Gasteiger partial charge < -0.3 is 9.84 Å². The molecular formula is C14H19NO5S. The van der Waals surface area contributed by atoms with Crippen molar-refractivity contribution in [3.05, 3.63) is 29.3 Å². The van der Waals surface area contributed by atoms with Crippen molar-refractivity contribution in [2.75, 3.05) is 20.3 Å². The van der Waals surface area contributed by atoms with E-state index in [1.807, 2.05) is 0 Å². The van der Waals surface area contributed by atoms with E-state index in [0.29, 0.717) is 6.61 Å². The highest BCUT2D eigenvalue weighted by atomic mass is 32.2. The molecule has 0 aliphatic heterocycles. The molecule has 0 spiro atoms. The Bertz CT molecular complexity index is 637. The van der Waals surface area contributed by atoms with Crippen LogP contribution in [-0.4, -0.2) is 50.1 Å². The third kappa shape index (κ3) is 3.25. The van der Waals surface area contributed by atoms with Gasteiger partial charge in [-0.25, -0.2) is 13.2 Å². The molecule has 0 amide bonds. The third-order valence-corrected chi connectivity index (χ3v) is 5.67. The van der Waals surface area contributed by atoms with Gasteiger partial charge in [0.2, 0.25) is 10.0 Å². The number of hydrogen-bond donors (Lipinski definition) is 1. The summed E-state index contributed by atoms with van der Waals surface area (Å²) in [5.74, 6) is -1.13. The molecule has 0 unspecified atom stereocenters. The summed E-state index contributed by atoms with van der Waals surface area (Å²) in [6.07, 6.45) is 1.67. The number of sulfonamides is 1. The maximum Gasteiger partial charge on any atom is 0.335 e. The second-order valence-electron chi connectivity index (χ2n) is 5.07. The molecule has 6 nitrogen and oxygen atoms in total. The number of rotatable bonds is 7. The number of carboxylic acids is 1. The van der Waals surface area contributed by atoms with Crippen molar-refractivity contribution < 1.29 is 23.1 Å². The predicted molar refractivity (Wildman–Crippen MR) is 76.9 cm³/mol. The van der Waals surface area contributed by atoms with Crippen LogP contribution in [0.5, 0.6) is 0 Å². The van der Waals surface area contributed by atoms with Crippen LogP contribution in [0.25, 0.3) is 0 Å². The molecule has 0 radical (unpaired) electrons. The molecule has 0 heterocycles. The summed E-state index contributed by atoms with van der Waals surface area (Å²) in [7, 11) is -2.18. The van der Waals surface area contributed by atoms with Gasteiger partial charge in [-0.15, -0.1) is 0 Å². The lowest BCUT2D eigenvalue weighted by atomic mass is 10.1. The molecule has 0 bridgehead atoms. The summed E-state index contributed by atoms with van der Waals surface area (Å²) in [5, 5.41) is 9.13. The van der Waals surface area contributed by atoms with Crippen molar-refractivity contribution in [1.82, 2.24) is 4.31 Å². The topological polar surface area (TPSA) is 83.9 Å². The molecule has 116 valence electrons. The average molecular weight is 313 g/mol. The molecule has 0 saturated heterocycles. The summed E-state index contributed by atoms with van der Waals surface area (Å²) in [6, 6.07) is 4.33. The molecule has 0 atom stereocenters. The first-order valence-electron chi connectivity index (χ1n) is 6.73. The standard InChI is InChI=1S/C14H19NO5S/c1-10-12(14(16)17)4-3-5-13(10)21(18,19)15(8-9-20-2)11-6-7-11/h3-5,11H,6-9H2,1-2H3,(H,16,17). The van der Waals surface area contributed by atoms with E-state index < -0.39 is 16.0 Å². The van der Waals surface area contributed by atoms with Crippen LogP contribution < -0.4 is 0 Å². The molecule has 1 fully saturated rings. The Labute approximate surface area is 124 Å². The van der Waals surface area contributed by atoms with Crippen LogP contribution in [0.3, 0.4) is 0 Å². The fourth-order valence-corrected chi connectivity index (χ4v) is 4.21. The lowest BCUT2D eigenvalue weighted by molar-refractivity contribution is 0.0696. The van der Waals surface area contributed by atoms with Gasteiger partial charge in [0.1, 0.15) is 0 Å². The number of carbonyl (C=O) groups is 1. The van der Waals surface area contributed by atoms with Crippen molar-refractivity contribution in [3.8, 4) is 0 Å². The number of benzene rings is 1. The van der Waals surface area contributed by atoms with Gasteiger partial charge >= 0.3 is 5.97 Å². The Morgan fingerprint density at radius 1 is 1.43 bits per heavy atom. The first-order chi connectivity index (χ1) is 9.89. The highest BCUT2D eigenvalue weighted by Gasteiger charge is 2.38. The zero-order valence-corrected chi connectivity index (χ0v) is 12.9. The molecule has 1 N–H and O–H groups in total. The minimum absolute atomic E-state index is 0.00182. The minimum atomic E-state index is -3.71. The first kappa shape index (κ1) is 15.9. The molecule has 1 aliphatic rings. The Hall–Kier alpha value is -1.44. The fraction of sp³-hybridized carbons (Fsp3) is 0.500. The van der Waals surface area contributed by atoms with Crippen molar-refractivity contribution in [3.63, 3.8) is 0 Å². The Morgan fingerprint density at radius 2 is 2.10 bits per heavy atom. The number of hydrogen-bond acceptors (Lipinski definition) is 4. The number of methoxy groups -OCH3 is 1. The lowest BCUT2D eigenvalue weighted by Crippen LogP contribution is -2.36. The second kappa shape index (κ2) is 6.13. The normalized spacial score (nSPS) is 15.4. The maximum absolute atomic E-state index is 12.8. The number of carboxylic acid groups (broad SMARTS) is 1. The van der Waals surface area contributed by atoms with Crippen molar-refractivity contribution in [2.24, 2.45) is 0 Å². The summed E-state index contributed by atoms with van der Waals surface area (Å²) in [5.41, 5.74) is 0.284. The zero-order valence-electron chi connectivity index (χ0n) is 12.1. The summed E-state index contributed by atoms with van der Waals surface area (Å²) in [4.78, 5) is 11.2. The molecule has 1 aromatic carbocycles. The van der Waals surface area contributed by atoms with Gasteiger partial charge in [-0.1, -0.05) is 6.07 Å². The SMILES string of the molecule is COCCN(C1CC1)S(=O)(=O)c1cccc(C(=O)O)c1C. The van der Waals surface area contributed by atoms with E-state index in [2.05, 4.69) is 0 Å². The highest BCUT2D eigenvalue weighted by Crippen LogP contribution is 2.33. The van der Waals surface area contributed by atoms with Crippen LogP contribution in [0.15, 0.2) is 23.1 Å². The molecule has 1 saturated carbocycles. The van der Waals surface area contributed by atoms with E-state index in [-0.39, 0.29) is 28.6 Å². The smallest absolute Gasteiger partial charge is 0.335 e. The quantitative estimate of drug-likeness (QED) is 0.824. The first-order valence-corrected chi connectivity index (χ1v) is 8.17. The molecule has 21 heavy (non-hydrogen) atoms. The van der Waals surface area contributed by atoms with Crippen LogP contribution >= 0.6 is 0 Å². The van der Waals surface area contributed by atoms with Crippen LogP contribution in [0.2, 0.25) is 0 Å². The highest BCUT2D eigenvalue weighted by molar-refractivity contribution is 7.89. The van der Waals surface area contributed by atoms with Gasteiger partial charge in [-0.2, -0.15) is 4.31 Å². The number of nitrogens with zero attached hydrogens (tertiary/aromatic N) is 1. The van der Waals surface area contributed by atoms with Gasteiger partial charge in [0, 0.05) is 19.7 Å². The molecule has 0 aromatic heterocycles. The van der Waals surface area contributed by atoms with E-state index >= 15 is 0 Å². The van der Waals surface area contributed by atoms with Crippen LogP contribution in [0.1, 0.15) is 28.8 Å². The Balaban J connectivity index is 2.42. The van der Waals surface area contributed by atoms with Gasteiger partial charge in [0.25, 0.3) is 0 Å². The van der Waals surface area contributed by atoms with Crippen molar-refractivity contribution in [2.45, 2.75) is 30.7 Å². The van der Waals surface area contributed by atoms with E-state index in [1.165, 1.54) is 36.5 Å². The van der Waals surface area contributed by atoms with Gasteiger partial charge in [0.05, 0.1) is 17.1 Å². The van der Waals surface area contributed by atoms with E-state index in [0.717, 1.165) is 12.8 Å². The van der Waals surface area contributed by atoms with Gasteiger partial charge in [-0.05, 0) is 37.5 Å². The van der Waals surface area contributed by atoms with E-state index in [1.54, 1.807) is 0 Å². The summed E-state index contributed by atoms with van der Waals surface area (Å²) in [6.45, 7) is 2.12.